The monoisotopic (exact) mass is 316 g/mol. The molecule has 0 aliphatic carbocycles. The van der Waals surface area contributed by atoms with Gasteiger partial charge in [-0.3, -0.25) is 9.78 Å². The van der Waals surface area contributed by atoms with E-state index in [2.05, 4.69) is 42.3 Å². The average molecular weight is 316 g/mol. The van der Waals surface area contributed by atoms with Crippen molar-refractivity contribution in [3.63, 3.8) is 0 Å². The maximum Gasteiger partial charge on any atom is 0.252 e. The van der Waals surface area contributed by atoms with Crippen LogP contribution in [0.3, 0.4) is 0 Å². The third-order valence-electron chi connectivity index (χ3n) is 4.07. The first-order valence-electron chi connectivity index (χ1n) is 7.98. The Morgan fingerprint density at radius 2 is 1.79 bits per heavy atom. The van der Waals surface area contributed by atoms with Crippen LogP contribution in [0.2, 0.25) is 0 Å². The average Bonchev–Trinajstić information content (AvgIpc) is 2.63. The third kappa shape index (κ3) is 3.51. The number of hydrogen-bond acceptors (Lipinski definition) is 2. The van der Waals surface area contributed by atoms with Gasteiger partial charge in [-0.05, 0) is 48.7 Å². The van der Waals surface area contributed by atoms with Gasteiger partial charge in [-0.25, -0.2) is 0 Å². The Kier molecular flexibility index (Phi) is 4.71. The quantitative estimate of drug-likeness (QED) is 0.783. The van der Waals surface area contributed by atoms with Crippen LogP contribution in [0.25, 0.3) is 0 Å². The van der Waals surface area contributed by atoms with Gasteiger partial charge in [-0.2, -0.15) is 0 Å². The van der Waals surface area contributed by atoms with Gasteiger partial charge in [0.2, 0.25) is 0 Å². The number of pyridine rings is 1. The van der Waals surface area contributed by atoms with Crippen LogP contribution in [-0.4, -0.2) is 10.9 Å². The Hall–Kier alpha value is -2.94. The fourth-order valence-corrected chi connectivity index (χ4v) is 2.76. The molecule has 0 aliphatic rings. The molecule has 2 aromatic carbocycles. The molecular formula is C21H20N2O. The molecule has 1 N–H and O–H groups in total. The summed E-state index contributed by atoms with van der Waals surface area (Å²) < 4.78 is 0. The number of nitrogens with one attached hydrogen (secondary N) is 1. The normalized spacial score (nSPS) is 11.8. The Labute approximate surface area is 142 Å². The van der Waals surface area contributed by atoms with Crippen LogP contribution in [0.5, 0.6) is 0 Å². The molecule has 0 saturated carbocycles. The van der Waals surface area contributed by atoms with Crippen molar-refractivity contribution in [1.29, 1.82) is 0 Å². The lowest BCUT2D eigenvalue weighted by atomic mass is 9.94. The highest BCUT2D eigenvalue weighted by molar-refractivity contribution is 5.94. The molecule has 3 nitrogen and oxygen atoms in total. The van der Waals surface area contributed by atoms with E-state index in [-0.39, 0.29) is 11.9 Å². The Morgan fingerprint density at radius 3 is 2.50 bits per heavy atom. The van der Waals surface area contributed by atoms with Gasteiger partial charge in [-0.15, -0.1) is 0 Å². The van der Waals surface area contributed by atoms with Crippen LogP contribution in [0.15, 0.2) is 73.1 Å². The lowest BCUT2D eigenvalue weighted by molar-refractivity contribution is 0.0943. The number of nitrogens with zero attached hydrogens (tertiary/aromatic N) is 1. The highest BCUT2D eigenvalue weighted by Crippen LogP contribution is 2.26. The van der Waals surface area contributed by atoms with Crippen molar-refractivity contribution < 1.29 is 4.79 Å². The predicted molar refractivity (Wildman–Crippen MR) is 95.9 cm³/mol. The summed E-state index contributed by atoms with van der Waals surface area (Å²) in [6.45, 7) is 4.12. The van der Waals surface area contributed by atoms with Crippen LogP contribution in [0.4, 0.5) is 0 Å². The second-order valence-electron chi connectivity index (χ2n) is 5.92. The lowest BCUT2D eigenvalue weighted by Gasteiger charge is -2.22. The van der Waals surface area contributed by atoms with Gasteiger partial charge in [0.25, 0.3) is 5.91 Å². The van der Waals surface area contributed by atoms with Crippen molar-refractivity contribution in [2.45, 2.75) is 19.9 Å². The third-order valence-corrected chi connectivity index (χ3v) is 4.07. The van der Waals surface area contributed by atoms with Crippen molar-refractivity contribution in [3.05, 3.63) is 101 Å². The standard InChI is InChI=1S/C21H20N2O/c1-15-10-11-16(2)19(13-15)20(18-9-6-12-22-14-18)23-21(24)17-7-4-3-5-8-17/h3-14,20H,1-2H3,(H,23,24). The van der Waals surface area contributed by atoms with E-state index in [1.165, 1.54) is 5.56 Å². The molecule has 1 heterocycles. The van der Waals surface area contributed by atoms with Crippen LogP contribution < -0.4 is 5.32 Å². The molecule has 3 heteroatoms. The number of aryl methyl sites for hydroxylation is 2. The van der Waals surface area contributed by atoms with E-state index in [9.17, 15) is 4.79 Å². The smallest absolute Gasteiger partial charge is 0.252 e. The van der Waals surface area contributed by atoms with Gasteiger partial charge in [0.15, 0.2) is 0 Å². The molecule has 0 aliphatic heterocycles. The van der Waals surface area contributed by atoms with Gasteiger partial charge in [0.1, 0.15) is 0 Å². The fourth-order valence-electron chi connectivity index (χ4n) is 2.76. The zero-order valence-corrected chi connectivity index (χ0v) is 13.9. The van der Waals surface area contributed by atoms with Crippen molar-refractivity contribution in [3.8, 4) is 0 Å². The minimum atomic E-state index is -0.230. The molecule has 0 saturated heterocycles. The molecule has 1 unspecified atom stereocenters. The summed E-state index contributed by atoms with van der Waals surface area (Å²) in [5.74, 6) is -0.0923. The molecule has 0 fully saturated rings. The summed E-state index contributed by atoms with van der Waals surface area (Å²) >= 11 is 0. The van der Waals surface area contributed by atoms with Crippen molar-refractivity contribution in [2.75, 3.05) is 0 Å². The van der Waals surface area contributed by atoms with Gasteiger partial charge >= 0.3 is 0 Å². The topological polar surface area (TPSA) is 42.0 Å². The van der Waals surface area contributed by atoms with Crippen molar-refractivity contribution in [1.82, 2.24) is 10.3 Å². The Bertz CT molecular complexity index is 829. The predicted octanol–water partition coefficient (Wildman–Crippen LogP) is 4.22. The zero-order chi connectivity index (χ0) is 16.9. The first-order chi connectivity index (χ1) is 11.6. The van der Waals surface area contributed by atoms with E-state index in [0.717, 1.165) is 16.7 Å². The molecule has 1 aromatic heterocycles. The second kappa shape index (κ2) is 7.09. The lowest BCUT2D eigenvalue weighted by Crippen LogP contribution is -2.30. The maximum atomic E-state index is 12.7. The summed E-state index contributed by atoms with van der Waals surface area (Å²) in [5.41, 5.74) is 5.01. The number of hydrogen-bond donors (Lipinski definition) is 1. The first-order valence-corrected chi connectivity index (χ1v) is 7.98. The number of benzene rings is 2. The summed E-state index contributed by atoms with van der Waals surface area (Å²) in [5, 5.41) is 3.16. The van der Waals surface area contributed by atoms with E-state index in [4.69, 9.17) is 0 Å². The van der Waals surface area contributed by atoms with E-state index in [0.29, 0.717) is 5.56 Å². The van der Waals surface area contributed by atoms with Crippen LogP contribution in [0.1, 0.15) is 38.7 Å². The SMILES string of the molecule is Cc1ccc(C)c(C(NC(=O)c2ccccc2)c2cccnc2)c1. The van der Waals surface area contributed by atoms with E-state index in [1.807, 2.05) is 42.5 Å². The van der Waals surface area contributed by atoms with Gasteiger partial charge < -0.3 is 5.32 Å². The molecule has 0 radical (unpaired) electrons. The summed E-state index contributed by atoms with van der Waals surface area (Å²) in [4.78, 5) is 16.9. The molecule has 3 rings (SSSR count). The summed E-state index contributed by atoms with van der Waals surface area (Å²) in [7, 11) is 0. The van der Waals surface area contributed by atoms with Crippen molar-refractivity contribution >= 4 is 5.91 Å². The molecular weight excluding hydrogens is 296 g/mol. The van der Waals surface area contributed by atoms with E-state index < -0.39 is 0 Å². The Balaban J connectivity index is 2.00. The number of aromatic nitrogens is 1. The summed E-state index contributed by atoms with van der Waals surface area (Å²) in [6, 6.07) is 19.2. The maximum absolute atomic E-state index is 12.7. The van der Waals surface area contributed by atoms with Crippen LogP contribution >= 0.6 is 0 Å². The molecule has 120 valence electrons. The second-order valence-corrected chi connectivity index (χ2v) is 5.92. The minimum absolute atomic E-state index is 0.0923. The summed E-state index contributed by atoms with van der Waals surface area (Å²) in [6.07, 6.45) is 3.54. The highest BCUT2D eigenvalue weighted by atomic mass is 16.1. The minimum Gasteiger partial charge on any atom is -0.341 e. The fraction of sp³-hybridized carbons (Fsp3) is 0.143. The number of carbonyl (C=O) groups excluding carboxylic acids is 1. The zero-order valence-electron chi connectivity index (χ0n) is 13.9. The van der Waals surface area contributed by atoms with Gasteiger partial charge in [-0.1, -0.05) is 48.0 Å². The van der Waals surface area contributed by atoms with Crippen molar-refractivity contribution in [2.24, 2.45) is 0 Å². The van der Waals surface area contributed by atoms with E-state index in [1.54, 1.807) is 12.4 Å². The molecule has 0 spiro atoms. The first kappa shape index (κ1) is 15.9. The molecule has 1 amide bonds. The highest BCUT2D eigenvalue weighted by Gasteiger charge is 2.19. The number of amides is 1. The van der Waals surface area contributed by atoms with Gasteiger partial charge in [0.05, 0.1) is 6.04 Å². The molecule has 0 bridgehead atoms. The molecule has 3 aromatic rings. The van der Waals surface area contributed by atoms with E-state index >= 15 is 0 Å². The van der Waals surface area contributed by atoms with Crippen LogP contribution in [0, 0.1) is 13.8 Å². The molecule has 24 heavy (non-hydrogen) atoms. The number of rotatable bonds is 4. The largest absolute Gasteiger partial charge is 0.341 e. The van der Waals surface area contributed by atoms with Gasteiger partial charge in [0, 0.05) is 18.0 Å². The molecule has 1 atom stereocenters. The number of carbonyl (C=O) groups is 1. The van der Waals surface area contributed by atoms with Crippen LogP contribution in [-0.2, 0) is 0 Å². The Morgan fingerprint density at radius 1 is 1.00 bits per heavy atom.